The van der Waals surface area contributed by atoms with Crippen LogP contribution in [0.3, 0.4) is 0 Å². The van der Waals surface area contributed by atoms with Crippen LogP contribution in [0, 0.1) is 11.7 Å². The average molecular weight is 325 g/mol. The van der Waals surface area contributed by atoms with Gasteiger partial charge in [-0.25, -0.2) is 4.39 Å². The molecule has 0 aromatic heterocycles. The van der Waals surface area contributed by atoms with Gasteiger partial charge in [0.25, 0.3) is 0 Å². The Kier molecular flexibility index (Phi) is 5.55. The zero-order valence-electron chi connectivity index (χ0n) is 12.1. The maximum Gasteiger partial charge on any atom is 0.245 e. The molecule has 4 nitrogen and oxygen atoms in total. The van der Waals surface area contributed by atoms with Gasteiger partial charge in [0, 0.05) is 36.1 Å². The van der Waals surface area contributed by atoms with Crippen molar-refractivity contribution in [3.8, 4) is 0 Å². The smallest absolute Gasteiger partial charge is 0.245 e. The lowest BCUT2D eigenvalue weighted by Gasteiger charge is -2.30. The number of hydrogen-bond donors (Lipinski definition) is 1. The van der Waals surface area contributed by atoms with Crippen LogP contribution in [0.1, 0.15) is 18.4 Å². The summed E-state index contributed by atoms with van der Waals surface area (Å²) in [6.07, 6.45) is 2.47. The van der Waals surface area contributed by atoms with E-state index in [1.807, 2.05) is 0 Å². The maximum atomic E-state index is 13.6. The van der Waals surface area contributed by atoms with Crippen LogP contribution >= 0.6 is 11.6 Å². The predicted molar refractivity (Wildman–Crippen MR) is 82.8 cm³/mol. The molecule has 0 spiro atoms. The summed E-state index contributed by atoms with van der Waals surface area (Å²) in [4.78, 5) is 25.3. The molecule has 1 aromatic rings. The topological polar surface area (TPSA) is 49.4 Å². The van der Waals surface area contributed by atoms with Gasteiger partial charge in [0.1, 0.15) is 5.82 Å². The van der Waals surface area contributed by atoms with Crippen molar-refractivity contribution in [1.82, 2.24) is 10.2 Å². The maximum absolute atomic E-state index is 13.6. The van der Waals surface area contributed by atoms with Crippen molar-refractivity contribution in [2.75, 3.05) is 13.1 Å². The zero-order valence-corrected chi connectivity index (χ0v) is 12.9. The van der Waals surface area contributed by atoms with Crippen LogP contribution in [0.4, 0.5) is 4.39 Å². The Morgan fingerprint density at radius 2 is 2.09 bits per heavy atom. The van der Waals surface area contributed by atoms with Gasteiger partial charge in [-0.2, -0.15) is 0 Å². The van der Waals surface area contributed by atoms with Crippen molar-refractivity contribution in [1.29, 1.82) is 0 Å². The normalized spacial score (nSPS) is 15.5. The van der Waals surface area contributed by atoms with E-state index in [0.717, 1.165) is 0 Å². The molecular formula is C16H18ClFN2O2. The summed E-state index contributed by atoms with van der Waals surface area (Å²) >= 11 is 5.92. The van der Waals surface area contributed by atoms with Gasteiger partial charge in [0.2, 0.25) is 11.8 Å². The van der Waals surface area contributed by atoms with Crippen molar-refractivity contribution in [2.24, 2.45) is 5.92 Å². The molecule has 1 heterocycles. The number of halogens is 2. The summed E-state index contributed by atoms with van der Waals surface area (Å²) in [7, 11) is 0. The Bertz CT molecular complexity index is 563. The third-order valence-electron chi connectivity index (χ3n) is 3.85. The highest BCUT2D eigenvalue weighted by atomic mass is 35.5. The molecule has 22 heavy (non-hydrogen) atoms. The second-order valence-electron chi connectivity index (χ2n) is 5.22. The number of benzene rings is 1. The number of nitrogens with zero attached hydrogens (tertiary/aromatic N) is 1. The summed E-state index contributed by atoms with van der Waals surface area (Å²) in [5.74, 6) is -0.847. The molecule has 6 heteroatoms. The first-order valence-electron chi connectivity index (χ1n) is 7.15. The van der Waals surface area contributed by atoms with E-state index in [0.29, 0.717) is 31.0 Å². The highest BCUT2D eigenvalue weighted by Gasteiger charge is 2.26. The fraction of sp³-hybridized carbons (Fsp3) is 0.375. The number of carbonyl (C=O) groups excluding carboxylic acids is 2. The van der Waals surface area contributed by atoms with Crippen LogP contribution in [0.5, 0.6) is 0 Å². The fourth-order valence-electron chi connectivity index (χ4n) is 2.51. The minimum Gasteiger partial charge on any atom is -0.352 e. The van der Waals surface area contributed by atoms with E-state index in [-0.39, 0.29) is 29.8 Å². The van der Waals surface area contributed by atoms with Crippen molar-refractivity contribution in [3.63, 3.8) is 0 Å². The number of piperidine rings is 1. The van der Waals surface area contributed by atoms with Gasteiger partial charge in [-0.05, 0) is 31.1 Å². The molecule has 1 aromatic carbocycles. The molecule has 0 unspecified atom stereocenters. The van der Waals surface area contributed by atoms with E-state index in [4.69, 9.17) is 11.6 Å². The van der Waals surface area contributed by atoms with Gasteiger partial charge >= 0.3 is 0 Å². The van der Waals surface area contributed by atoms with Crippen LogP contribution in [-0.4, -0.2) is 29.8 Å². The molecule has 0 aliphatic carbocycles. The lowest BCUT2D eigenvalue weighted by molar-refractivity contribution is -0.132. The molecule has 0 bridgehead atoms. The summed E-state index contributed by atoms with van der Waals surface area (Å²) < 4.78 is 13.6. The van der Waals surface area contributed by atoms with E-state index in [1.54, 1.807) is 11.0 Å². The van der Waals surface area contributed by atoms with Gasteiger partial charge in [-0.1, -0.05) is 24.2 Å². The fourth-order valence-corrected chi connectivity index (χ4v) is 2.74. The molecular weight excluding hydrogens is 307 g/mol. The lowest BCUT2D eigenvalue weighted by atomic mass is 9.95. The van der Waals surface area contributed by atoms with E-state index < -0.39 is 5.82 Å². The molecule has 1 N–H and O–H groups in total. The van der Waals surface area contributed by atoms with Crippen LogP contribution in [-0.2, 0) is 16.1 Å². The molecule has 1 fully saturated rings. The number of nitrogens with one attached hydrogen (secondary N) is 1. The number of hydrogen-bond acceptors (Lipinski definition) is 2. The molecule has 118 valence electrons. The molecule has 0 radical (unpaired) electrons. The molecule has 0 atom stereocenters. The van der Waals surface area contributed by atoms with Gasteiger partial charge in [0.05, 0.1) is 0 Å². The van der Waals surface area contributed by atoms with Crippen molar-refractivity contribution in [3.05, 3.63) is 47.3 Å². The third-order valence-corrected chi connectivity index (χ3v) is 4.21. The minimum absolute atomic E-state index is 0.0656. The molecule has 1 aliphatic heterocycles. The highest BCUT2D eigenvalue weighted by Crippen LogP contribution is 2.20. The van der Waals surface area contributed by atoms with Gasteiger partial charge in [-0.3, -0.25) is 9.59 Å². The van der Waals surface area contributed by atoms with Crippen LogP contribution in [0.2, 0.25) is 5.02 Å². The van der Waals surface area contributed by atoms with Crippen molar-refractivity contribution in [2.45, 2.75) is 19.4 Å². The highest BCUT2D eigenvalue weighted by molar-refractivity contribution is 6.31. The molecule has 0 saturated carbocycles. The first-order chi connectivity index (χ1) is 10.5. The SMILES string of the molecule is C=CC(=O)N1CCC(C(=O)NCc2c(F)cccc2Cl)CC1. The van der Waals surface area contributed by atoms with E-state index in [2.05, 4.69) is 11.9 Å². The number of carbonyl (C=O) groups is 2. The summed E-state index contributed by atoms with van der Waals surface area (Å²) in [6.45, 7) is 4.58. The standard InChI is InChI=1S/C16H18ClFN2O2/c1-2-15(21)20-8-6-11(7-9-20)16(22)19-10-12-13(17)4-3-5-14(12)18/h2-5,11H,1,6-10H2,(H,19,22). The third kappa shape index (κ3) is 3.85. The summed E-state index contributed by atoms with van der Waals surface area (Å²) in [5.41, 5.74) is 0.289. The molecule has 1 saturated heterocycles. The van der Waals surface area contributed by atoms with Crippen LogP contribution in [0.15, 0.2) is 30.9 Å². The molecule has 1 aliphatic rings. The van der Waals surface area contributed by atoms with E-state index in [1.165, 1.54) is 18.2 Å². The van der Waals surface area contributed by atoms with Gasteiger partial charge in [-0.15, -0.1) is 0 Å². The largest absolute Gasteiger partial charge is 0.352 e. The predicted octanol–water partition coefficient (Wildman–Crippen LogP) is 2.52. The zero-order chi connectivity index (χ0) is 16.1. The second-order valence-corrected chi connectivity index (χ2v) is 5.63. The first-order valence-corrected chi connectivity index (χ1v) is 7.52. The average Bonchev–Trinajstić information content (AvgIpc) is 2.53. The Balaban J connectivity index is 1.86. The Morgan fingerprint density at radius 1 is 1.41 bits per heavy atom. The molecule has 2 rings (SSSR count). The minimum atomic E-state index is -0.431. The van der Waals surface area contributed by atoms with Crippen LogP contribution in [0.25, 0.3) is 0 Å². The van der Waals surface area contributed by atoms with Crippen molar-refractivity contribution < 1.29 is 14.0 Å². The number of likely N-dealkylation sites (tertiary alicyclic amines) is 1. The van der Waals surface area contributed by atoms with Gasteiger partial charge in [0.15, 0.2) is 0 Å². The monoisotopic (exact) mass is 324 g/mol. The number of rotatable bonds is 4. The Hall–Kier alpha value is -1.88. The lowest BCUT2D eigenvalue weighted by Crippen LogP contribution is -2.42. The number of amides is 2. The quantitative estimate of drug-likeness (QED) is 0.865. The Labute approximate surface area is 133 Å². The first kappa shape index (κ1) is 16.5. The second kappa shape index (κ2) is 7.40. The summed E-state index contributed by atoms with van der Waals surface area (Å²) in [5, 5.41) is 3.02. The van der Waals surface area contributed by atoms with Crippen molar-refractivity contribution >= 4 is 23.4 Å². The van der Waals surface area contributed by atoms with E-state index in [9.17, 15) is 14.0 Å². The van der Waals surface area contributed by atoms with Gasteiger partial charge < -0.3 is 10.2 Å². The van der Waals surface area contributed by atoms with E-state index >= 15 is 0 Å². The van der Waals surface area contributed by atoms with Crippen LogP contribution < -0.4 is 5.32 Å². The Morgan fingerprint density at radius 3 is 2.68 bits per heavy atom. The molecule has 2 amide bonds. The summed E-state index contributed by atoms with van der Waals surface area (Å²) in [6, 6.07) is 4.42.